The van der Waals surface area contributed by atoms with Gasteiger partial charge in [-0.1, -0.05) is 0 Å². The Bertz CT molecular complexity index is 323. The van der Waals surface area contributed by atoms with E-state index in [9.17, 15) is 4.79 Å². The second-order valence-electron chi connectivity index (χ2n) is 3.56. The molecule has 0 aliphatic carbocycles. The molecule has 0 atom stereocenters. The highest BCUT2D eigenvalue weighted by molar-refractivity contribution is 7.09. The maximum atomic E-state index is 11.7. The minimum absolute atomic E-state index is 0.146. The molecule has 6 heteroatoms. The number of nitrogens with one attached hydrogen (secondary N) is 1. The number of ether oxygens (including phenoxy) is 1. The first-order chi connectivity index (χ1) is 7.86. The molecule has 16 heavy (non-hydrogen) atoms. The van der Waals surface area contributed by atoms with Crippen LogP contribution in [0.15, 0.2) is 11.7 Å². The molecule has 0 radical (unpaired) electrons. The lowest BCUT2D eigenvalue weighted by Gasteiger charge is -2.26. The zero-order valence-electron chi connectivity index (χ0n) is 9.02. The van der Waals surface area contributed by atoms with Gasteiger partial charge in [0, 0.05) is 30.7 Å². The van der Waals surface area contributed by atoms with E-state index in [1.165, 1.54) is 0 Å². The number of thiazole rings is 1. The molecule has 0 spiro atoms. The standard InChI is InChI=1S/C10H15N3O2S/c14-10(13-1-3-15-4-2-13)7-11-5-9-6-12-8-16-9/h6,8,11H,1-5,7H2. The van der Waals surface area contributed by atoms with Crippen molar-refractivity contribution in [3.63, 3.8) is 0 Å². The van der Waals surface area contributed by atoms with Crippen molar-refractivity contribution in [2.24, 2.45) is 0 Å². The molecule has 1 fully saturated rings. The molecule has 5 nitrogen and oxygen atoms in total. The number of rotatable bonds is 4. The van der Waals surface area contributed by atoms with Gasteiger partial charge in [0.2, 0.25) is 5.91 Å². The predicted octanol–water partition coefficient (Wildman–Crippen LogP) is 0.0915. The molecule has 1 saturated heterocycles. The summed E-state index contributed by atoms with van der Waals surface area (Å²) in [6, 6.07) is 0. The normalized spacial score (nSPS) is 16.4. The van der Waals surface area contributed by atoms with E-state index >= 15 is 0 Å². The lowest BCUT2D eigenvalue weighted by Crippen LogP contribution is -2.44. The van der Waals surface area contributed by atoms with Crippen LogP contribution in [0.4, 0.5) is 0 Å². The summed E-state index contributed by atoms with van der Waals surface area (Å²) in [5.41, 5.74) is 1.79. The molecule has 2 heterocycles. The quantitative estimate of drug-likeness (QED) is 0.812. The van der Waals surface area contributed by atoms with Gasteiger partial charge in [-0.05, 0) is 0 Å². The molecule has 0 aromatic carbocycles. The Morgan fingerprint density at radius 3 is 3.06 bits per heavy atom. The van der Waals surface area contributed by atoms with Gasteiger partial charge in [-0.15, -0.1) is 11.3 Å². The maximum absolute atomic E-state index is 11.7. The smallest absolute Gasteiger partial charge is 0.236 e. The van der Waals surface area contributed by atoms with Crippen LogP contribution in [0.25, 0.3) is 0 Å². The first-order valence-corrected chi connectivity index (χ1v) is 6.18. The molecule has 0 bridgehead atoms. The SMILES string of the molecule is O=C(CNCc1cncs1)N1CCOCC1. The van der Waals surface area contributed by atoms with Crippen LogP contribution in [0.1, 0.15) is 4.88 Å². The van der Waals surface area contributed by atoms with Crippen LogP contribution in [0, 0.1) is 0 Å². The van der Waals surface area contributed by atoms with Crippen molar-refractivity contribution >= 4 is 17.2 Å². The fourth-order valence-electron chi connectivity index (χ4n) is 1.55. The lowest BCUT2D eigenvalue weighted by molar-refractivity contribution is -0.134. The molecule has 0 unspecified atom stereocenters. The van der Waals surface area contributed by atoms with Crippen LogP contribution in [0.2, 0.25) is 0 Å². The Kier molecular flexibility index (Phi) is 4.26. The van der Waals surface area contributed by atoms with Crippen molar-refractivity contribution in [1.82, 2.24) is 15.2 Å². The third-order valence-electron chi connectivity index (χ3n) is 2.42. The van der Waals surface area contributed by atoms with Gasteiger partial charge in [-0.2, -0.15) is 0 Å². The van der Waals surface area contributed by atoms with E-state index in [4.69, 9.17) is 4.74 Å². The third kappa shape index (κ3) is 3.26. The van der Waals surface area contributed by atoms with Crippen molar-refractivity contribution in [2.45, 2.75) is 6.54 Å². The molecular formula is C10H15N3O2S. The number of hydrogen-bond donors (Lipinski definition) is 1. The Labute approximate surface area is 98.4 Å². The Morgan fingerprint density at radius 2 is 2.38 bits per heavy atom. The van der Waals surface area contributed by atoms with Gasteiger partial charge < -0.3 is 15.0 Å². The van der Waals surface area contributed by atoms with Crippen molar-refractivity contribution in [1.29, 1.82) is 0 Å². The summed E-state index contributed by atoms with van der Waals surface area (Å²) >= 11 is 1.59. The first-order valence-electron chi connectivity index (χ1n) is 5.30. The summed E-state index contributed by atoms with van der Waals surface area (Å²) in [5.74, 6) is 0.146. The van der Waals surface area contributed by atoms with Crippen LogP contribution in [0.5, 0.6) is 0 Å². The Hall–Kier alpha value is -0.980. The van der Waals surface area contributed by atoms with Gasteiger partial charge >= 0.3 is 0 Å². The van der Waals surface area contributed by atoms with E-state index in [0.29, 0.717) is 39.4 Å². The topological polar surface area (TPSA) is 54.5 Å². The van der Waals surface area contributed by atoms with Gasteiger partial charge in [0.05, 0.1) is 25.3 Å². The number of hydrogen-bond acceptors (Lipinski definition) is 5. The van der Waals surface area contributed by atoms with E-state index in [1.54, 1.807) is 16.8 Å². The summed E-state index contributed by atoms with van der Waals surface area (Å²) in [5, 5.41) is 3.12. The fraction of sp³-hybridized carbons (Fsp3) is 0.600. The Balaban J connectivity index is 1.67. The predicted molar refractivity (Wildman–Crippen MR) is 61.2 cm³/mol. The van der Waals surface area contributed by atoms with E-state index in [1.807, 2.05) is 11.1 Å². The van der Waals surface area contributed by atoms with Gasteiger partial charge in [0.25, 0.3) is 0 Å². The number of nitrogens with zero attached hydrogens (tertiary/aromatic N) is 2. The highest BCUT2D eigenvalue weighted by atomic mass is 32.1. The molecule has 1 N–H and O–H groups in total. The maximum Gasteiger partial charge on any atom is 0.236 e. The molecule has 1 aromatic heterocycles. The average molecular weight is 241 g/mol. The molecule has 2 rings (SSSR count). The average Bonchev–Trinajstić information content (AvgIpc) is 2.83. The molecule has 1 aliphatic rings. The van der Waals surface area contributed by atoms with Gasteiger partial charge in [0.1, 0.15) is 0 Å². The number of carbonyl (C=O) groups excluding carboxylic acids is 1. The van der Waals surface area contributed by atoms with Crippen LogP contribution < -0.4 is 5.32 Å². The van der Waals surface area contributed by atoms with E-state index < -0.39 is 0 Å². The van der Waals surface area contributed by atoms with E-state index in [-0.39, 0.29) is 5.91 Å². The molecule has 1 aromatic rings. The Morgan fingerprint density at radius 1 is 1.56 bits per heavy atom. The van der Waals surface area contributed by atoms with Crippen molar-refractivity contribution in [3.05, 3.63) is 16.6 Å². The molecule has 0 saturated carbocycles. The zero-order chi connectivity index (χ0) is 11.2. The largest absolute Gasteiger partial charge is 0.378 e. The van der Waals surface area contributed by atoms with Crippen LogP contribution in [-0.4, -0.2) is 48.6 Å². The minimum atomic E-state index is 0.146. The van der Waals surface area contributed by atoms with Gasteiger partial charge in [-0.3, -0.25) is 9.78 Å². The molecule has 1 amide bonds. The highest BCUT2D eigenvalue weighted by Gasteiger charge is 2.15. The number of carbonyl (C=O) groups is 1. The van der Waals surface area contributed by atoms with Gasteiger partial charge in [-0.25, -0.2) is 0 Å². The number of morpholine rings is 1. The molecule has 88 valence electrons. The van der Waals surface area contributed by atoms with Gasteiger partial charge in [0.15, 0.2) is 0 Å². The summed E-state index contributed by atoms with van der Waals surface area (Å²) in [4.78, 5) is 18.7. The van der Waals surface area contributed by atoms with Crippen molar-refractivity contribution in [3.8, 4) is 0 Å². The zero-order valence-corrected chi connectivity index (χ0v) is 9.83. The second-order valence-corrected chi connectivity index (χ2v) is 4.54. The van der Waals surface area contributed by atoms with Crippen LogP contribution in [0.3, 0.4) is 0 Å². The first kappa shape index (κ1) is 11.5. The van der Waals surface area contributed by atoms with Crippen LogP contribution >= 0.6 is 11.3 Å². The summed E-state index contributed by atoms with van der Waals surface area (Å²) < 4.78 is 5.19. The highest BCUT2D eigenvalue weighted by Crippen LogP contribution is 2.04. The number of aromatic nitrogens is 1. The lowest BCUT2D eigenvalue weighted by atomic mass is 10.4. The van der Waals surface area contributed by atoms with E-state index in [0.717, 1.165) is 4.88 Å². The minimum Gasteiger partial charge on any atom is -0.378 e. The second kappa shape index (κ2) is 5.93. The third-order valence-corrected chi connectivity index (χ3v) is 3.20. The fourth-order valence-corrected chi connectivity index (χ4v) is 2.11. The summed E-state index contributed by atoms with van der Waals surface area (Å²) in [6.07, 6.45) is 1.82. The van der Waals surface area contributed by atoms with Crippen molar-refractivity contribution < 1.29 is 9.53 Å². The molecular weight excluding hydrogens is 226 g/mol. The monoisotopic (exact) mass is 241 g/mol. The summed E-state index contributed by atoms with van der Waals surface area (Å²) in [6.45, 7) is 3.82. The van der Waals surface area contributed by atoms with Crippen molar-refractivity contribution in [2.75, 3.05) is 32.8 Å². The van der Waals surface area contributed by atoms with E-state index in [2.05, 4.69) is 10.3 Å². The van der Waals surface area contributed by atoms with Crippen LogP contribution in [-0.2, 0) is 16.1 Å². The molecule has 1 aliphatic heterocycles. The number of amides is 1. The summed E-state index contributed by atoms with van der Waals surface area (Å²) in [7, 11) is 0.